The van der Waals surface area contributed by atoms with Crippen LogP contribution in [0.2, 0.25) is 0 Å². The Morgan fingerprint density at radius 2 is 0.788 bits per heavy atom. The van der Waals surface area contributed by atoms with Gasteiger partial charge in [-0.05, 0) is 126 Å². The molecule has 0 saturated carbocycles. The summed E-state index contributed by atoms with van der Waals surface area (Å²) in [4.78, 5) is 76.4. The van der Waals surface area contributed by atoms with Gasteiger partial charge < -0.3 is 28.4 Å². The first-order valence-electron chi connectivity index (χ1n) is 24.0. The topological polar surface area (TPSA) is 158 Å². The van der Waals surface area contributed by atoms with Gasteiger partial charge in [-0.2, -0.15) is 0 Å². The lowest BCUT2D eigenvalue weighted by molar-refractivity contribution is -0.187. The highest BCUT2D eigenvalue weighted by Crippen LogP contribution is 2.38. The van der Waals surface area contributed by atoms with Gasteiger partial charge in [0.1, 0.15) is 35.6 Å². The normalized spacial score (nSPS) is 12.0. The van der Waals surface area contributed by atoms with E-state index in [2.05, 4.69) is 6.92 Å². The van der Waals surface area contributed by atoms with E-state index in [-0.39, 0.29) is 50.8 Å². The Bertz CT molecular complexity index is 1690. The Morgan fingerprint density at radius 3 is 1.17 bits per heavy atom. The van der Waals surface area contributed by atoms with Gasteiger partial charge >= 0.3 is 35.8 Å². The van der Waals surface area contributed by atoms with E-state index in [0.29, 0.717) is 25.7 Å². The van der Waals surface area contributed by atoms with Gasteiger partial charge in [0.05, 0.1) is 0 Å². The van der Waals surface area contributed by atoms with Gasteiger partial charge in [-0.1, -0.05) is 119 Å². The van der Waals surface area contributed by atoms with Crippen molar-refractivity contribution < 1.29 is 57.2 Å². The van der Waals surface area contributed by atoms with E-state index >= 15 is 0 Å². The van der Waals surface area contributed by atoms with Gasteiger partial charge in [0.15, 0.2) is 11.3 Å². The van der Waals surface area contributed by atoms with Crippen molar-refractivity contribution in [3.63, 3.8) is 0 Å². The fourth-order valence-corrected chi connectivity index (χ4v) is 6.61. The maximum atomic E-state index is 13.6. The van der Waals surface area contributed by atoms with Crippen LogP contribution in [-0.4, -0.2) is 58.2 Å². The van der Waals surface area contributed by atoms with Gasteiger partial charge in [-0.3, -0.25) is 28.8 Å². The standard InChI is InChI=1S/C32H52O6.C22H32O6/c1-8-9-10-11-12-13-14-18-23-32(28(34)37-30(2,3)4,29(35)38-31(5,6)7)24-19-22-27(33)36-25-26-20-16-15-17-21-26;1-21(2,3)27-19(24)17(20(25)28-22(4,5)6)13-10-14-18(23)26-15-16-11-8-7-9-12-16/h15-17,20-21H,8-14,18-19,22-25H2,1-7H3;7-9,11-12,17H,10,13-15H2,1-6H3. The lowest BCUT2D eigenvalue weighted by Crippen LogP contribution is -2.47. The zero-order valence-corrected chi connectivity index (χ0v) is 42.8. The van der Waals surface area contributed by atoms with Crippen LogP contribution in [0.3, 0.4) is 0 Å². The molecule has 372 valence electrons. The second-order valence-corrected chi connectivity index (χ2v) is 21.0. The predicted octanol–water partition coefficient (Wildman–Crippen LogP) is 12.3. The first-order chi connectivity index (χ1) is 30.7. The third kappa shape index (κ3) is 27.7. The Balaban J connectivity index is 0.000000691. The molecule has 0 aliphatic carbocycles. The monoisotopic (exact) mass is 925 g/mol. The fourth-order valence-electron chi connectivity index (χ4n) is 6.61. The molecule has 0 aliphatic rings. The van der Waals surface area contributed by atoms with Crippen LogP contribution in [0.1, 0.15) is 197 Å². The molecular formula is C54H84O12. The third-order valence-electron chi connectivity index (χ3n) is 9.76. The molecule has 66 heavy (non-hydrogen) atoms. The minimum atomic E-state index is -1.46. The Hall–Kier alpha value is -4.74. The van der Waals surface area contributed by atoms with Crippen LogP contribution in [0.4, 0.5) is 0 Å². The second kappa shape index (κ2) is 29.1. The van der Waals surface area contributed by atoms with E-state index in [1.54, 1.807) is 83.1 Å². The van der Waals surface area contributed by atoms with E-state index < -0.39 is 57.6 Å². The van der Waals surface area contributed by atoms with Gasteiger partial charge in [-0.15, -0.1) is 0 Å². The number of carbonyl (C=O) groups excluding carboxylic acids is 6. The molecule has 0 N–H and O–H groups in total. The zero-order chi connectivity index (χ0) is 50.0. The number of ether oxygens (including phenoxy) is 6. The van der Waals surface area contributed by atoms with Crippen LogP contribution in [0.5, 0.6) is 0 Å². The average molecular weight is 925 g/mol. The molecule has 2 aromatic carbocycles. The Kier molecular flexibility index (Phi) is 26.1. The van der Waals surface area contributed by atoms with Crippen molar-refractivity contribution in [3.8, 4) is 0 Å². The van der Waals surface area contributed by atoms with Crippen LogP contribution in [0.25, 0.3) is 0 Å². The first-order valence-corrected chi connectivity index (χ1v) is 24.0. The molecule has 0 radical (unpaired) electrons. The van der Waals surface area contributed by atoms with Crippen molar-refractivity contribution in [2.45, 2.75) is 222 Å². The summed E-state index contributed by atoms with van der Waals surface area (Å²) < 4.78 is 32.8. The largest absolute Gasteiger partial charge is 0.461 e. The summed E-state index contributed by atoms with van der Waals surface area (Å²) in [5.74, 6) is -4.22. The van der Waals surface area contributed by atoms with E-state index in [0.717, 1.165) is 30.4 Å². The van der Waals surface area contributed by atoms with Crippen LogP contribution in [0.15, 0.2) is 60.7 Å². The second-order valence-electron chi connectivity index (χ2n) is 21.0. The molecule has 0 heterocycles. The third-order valence-corrected chi connectivity index (χ3v) is 9.76. The Labute approximate surface area is 396 Å². The number of unbranched alkanes of at least 4 members (excludes halogenated alkanes) is 7. The molecule has 12 nitrogen and oxygen atoms in total. The van der Waals surface area contributed by atoms with Crippen molar-refractivity contribution >= 4 is 35.8 Å². The number of carbonyl (C=O) groups is 6. The molecule has 0 unspecified atom stereocenters. The van der Waals surface area contributed by atoms with Gasteiger partial charge in [0, 0.05) is 12.8 Å². The number of esters is 6. The molecule has 0 spiro atoms. The smallest absolute Gasteiger partial charge is 0.324 e. The molecule has 2 rings (SSSR count). The van der Waals surface area contributed by atoms with Crippen molar-refractivity contribution in [3.05, 3.63) is 71.8 Å². The van der Waals surface area contributed by atoms with Crippen LogP contribution in [0, 0.1) is 11.3 Å². The van der Waals surface area contributed by atoms with Crippen LogP contribution in [-0.2, 0) is 70.4 Å². The predicted molar refractivity (Wildman–Crippen MR) is 257 cm³/mol. The number of benzene rings is 2. The van der Waals surface area contributed by atoms with Gasteiger partial charge in [0.2, 0.25) is 0 Å². The number of hydrogen-bond acceptors (Lipinski definition) is 12. The maximum absolute atomic E-state index is 13.6. The molecule has 2 aromatic rings. The summed E-state index contributed by atoms with van der Waals surface area (Å²) in [6.45, 7) is 23.8. The van der Waals surface area contributed by atoms with Gasteiger partial charge in [0.25, 0.3) is 0 Å². The van der Waals surface area contributed by atoms with Crippen molar-refractivity contribution in [2.75, 3.05) is 0 Å². The Morgan fingerprint density at radius 1 is 0.439 bits per heavy atom. The molecule has 0 amide bonds. The molecule has 0 saturated heterocycles. The minimum Gasteiger partial charge on any atom is -0.461 e. The van der Waals surface area contributed by atoms with E-state index in [1.807, 2.05) is 60.7 Å². The summed E-state index contributed by atoms with van der Waals surface area (Å²) in [5, 5.41) is 0. The lowest BCUT2D eigenvalue weighted by atomic mass is 9.77. The SMILES string of the molecule is CC(C)(C)OC(=O)C(CCCC(=O)OCc1ccccc1)C(=O)OC(C)(C)C.CCCCCCCCCCC(CCCC(=O)OCc1ccccc1)(C(=O)OC(C)(C)C)C(=O)OC(C)(C)C. The maximum Gasteiger partial charge on any atom is 0.324 e. The average Bonchev–Trinajstić information content (AvgIpc) is 3.19. The summed E-state index contributed by atoms with van der Waals surface area (Å²) in [6.07, 6.45) is 10.3. The number of rotatable bonds is 25. The summed E-state index contributed by atoms with van der Waals surface area (Å²) in [7, 11) is 0. The molecule has 0 aliphatic heterocycles. The molecule has 0 atom stereocenters. The highest BCUT2D eigenvalue weighted by atomic mass is 16.6. The quantitative estimate of drug-likeness (QED) is 0.0402. The highest BCUT2D eigenvalue weighted by Gasteiger charge is 2.50. The van der Waals surface area contributed by atoms with E-state index in [4.69, 9.17) is 28.4 Å². The lowest BCUT2D eigenvalue weighted by Gasteiger charge is -2.35. The van der Waals surface area contributed by atoms with Crippen LogP contribution >= 0.6 is 0 Å². The van der Waals surface area contributed by atoms with Crippen LogP contribution < -0.4 is 0 Å². The summed E-state index contributed by atoms with van der Waals surface area (Å²) >= 11 is 0. The first kappa shape index (κ1) is 59.3. The zero-order valence-electron chi connectivity index (χ0n) is 42.8. The van der Waals surface area contributed by atoms with E-state index in [1.165, 1.54) is 25.7 Å². The van der Waals surface area contributed by atoms with Crippen molar-refractivity contribution in [1.29, 1.82) is 0 Å². The van der Waals surface area contributed by atoms with E-state index in [9.17, 15) is 28.8 Å². The summed E-state index contributed by atoms with van der Waals surface area (Å²) in [6, 6.07) is 18.9. The molecule has 0 fully saturated rings. The highest BCUT2D eigenvalue weighted by molar-refractivity contribution is 6.00. The van der Waals surface area contributed by atoms with Crippen molar-refractivity contribution in [1.82, 2.24) is 0 Å². The molecular weight excluding hydrogens is 841 g/mol. The molecule has 0 aromatic heterocycles. The van der Waals surface area contributed by atoms with Gasteiger partial charge in [-0.25, -0.2) is 0 Å². The minimum absolute atomic E-state index is 0.106. The molecule has 12 heteroatoms. The molecule has 0 bridgehead atoms. The summed E-state index contributed by atoms with van der Waals surface area (Å²) in [5.41, 5.74) is -2.58. The fraction of sp³-hybridized carbons (Fsp3) is 0.667. The number of hydrogen-bond donors (Lipinski definition) is 0. The van der Waals surface area contributed by atoms with Crippen molar-refractivity contribution in [2.24, 2.45) is 11.3 Å².